The van der Waals surface area contributed by atoms with Crippen molar-refractivity contribution >= 4 is 116 Å². The van der Waals surface area contributed by atoms with Crippen molar-refractivity contribution in [3.63, 3.8) is 0 Å². The maximum atomic E-state index is 12.4. The Hall–Kier alpha value is 3.51. The Morgan fingerprint density at radius 3 is 1.51 bits per heavy atom. The summed E-state index contributed by atoms with van der Waals surface area (Å²) in [6.45, 7) is 13.8. The molecule has 13 heteroatoms. The molecule has 6 rings (SSSR count). The van der Waals surface area contributed by atoms with E-state index in [0.29, 0.717) is 46.7 Å². The van der Waals surface area contributed by atoms with Crippen LogP contribution in [-0.2, 0) is 35.0 Å². The van der Waals surface area contributed by atoms with Gasteiger partial charge < -0.3 is 24.1 Å². The Bertz CT molecular complexity index is 1450. The summed E-state index contributed by atoms with van der Waals surface area (Å²) < 4.78 is 21.7. The van der Waals surface area contributed by atoms with Crippen molar-refractivity contribution in [3.8, 4) is 0 Å². The summed E-state index contributed by atoms with van der Waals surface area (Å²) in [4.78, 5) is 12.4. The average molecular weight is 1460 g/mol. The Morgan fingerprint density at radius 1 is 0.695 bits per heavy atom. The Morgan fingerprint density at radius 2 is 1.10 bits per heavy atom. The number of carbonyl (C=O) groups is 1. The second-order valence-corrected chi connectivity index (χ2v) is 82.3. The molecule has 9 unspecified atom stereocenters. The summed E-state index contributed by atoms with van der Waals surface area (Å²) in [5.74, 6) is 3.65. The molecule has 0 radical (unpaired) electrons. The summed E-state index contributed by atoms with van der Waals surface area (Å²) in [5, 5.41) is 18.1. The molecule has 59 heavy (non-hydrogen) atoms. The van der Waals surface area contributed by atoms with Gasteiger partial charge in [-0.15, -0.1) is 0 Å². The molecule has 0 aromatic carbocycles. The molecule has 0 aromatic heterocycles. The van der Waals surface area contributed by atoms with Gasteiger partial charge >= 0.3 is 122 Å². The number of rotatable bonds is 14. The molecule has 13 atom stereocenters. The molecule has 343 valence electrons. The Labute approximate surface area is 422 Å². The molecule has 0 amide bonds. The summed E-state index contributed by atoms with van der Waals surface area (Å²) >= 11 is 12.0. The third-order valence-electron chi connectivity index (χ3n) is 16.2. The van der Waals surface area contributed by atoms with Crippen LogP contribution in [-0.4, -0.2) is 80.3 Å². The van der Waals surface area contributed by atoms with Crippen LogP contribution in [0.2, 0.25) is 0 Å². The average Bonchev–Trinajstić information content (AvgIpc) is 4.07. The van der Waals surface area contributed by atoms with Crippen LogP contribution >= 0.6 is 99.9 Å². The van der Waals surface area contributed by atoms with Gasteiger partial charge in [-0.05, 0) is 131 Å². The van der Waals surface area contributed by atoms with Crippen LogP contribution in [0.25, 0.3) is 0 Å². The fourth-order valence-corrected chi connectivity index (χ4v) is 12.3. The molecule has 0 spiro atoms. The zero-order chi connectivity index (χ0) is 44.6. The number of ether oxygens (including phenoxy) is 4. The van der Waals surface area contributed by atoms with Crippen LogP contribution in [0.15, 0.2) is 24.3 Å². The molecular formula is C46H78I5O6V2. The van der Waals surface area contributed by atoms with Gasteiger partial charge in [0.2, 0.25) is 0 Å². The number of hydrogen-bond donors (Lipinski definition) is 1. The quantitative estimate of drug-likeness (QED) is 0.138. The van der Waals surface area contributed by atoms with E-state index in [1.165, 1.54) is 64.2 Å². The van der Waals surface area contributed by atoms with Crippen molar-refractivity contribution in [2.45, 2.75) is 162 Å². The van der Waals surface area contributed by atoms with Gasteiger partial charge in [-0.1, -0.05) is 58.4 Å². The zero-order valence-corrected chi connectivity index (χ0v) is 51.3. The van der Waals surface area contributed by atoms with Crippen molar-refractivity contribution in [3.05, 3.63) is 24.3 Å². The van der Waals surface area contributed by atoms with Crippen LogP contribution < -0.4 is 0 Å². The van der Waals surface area contributed by atoms with Gasteiger partial charge in [-0.25, -0.2) is 0 Å². The van der Waals surface area contributed by atoms with E-state index in [-0.39, 0.29) is 46.8 Å². The minimum atomic E-state index is -1.22. The first-order valence-corrected chi connectivity index (χ1v) is 46.4. The third kappa shape index (κ3) is 15.3. The minimum absolute atomic E-state index is 0.0797. The van der Waals surface area contributed by atoms with E-state index in [0.717, 1.165) is 25.7 Å². The first-order chi connectivity index (χ1) is 27.5. The molecule has 0 aromatic rings. The molecule has 6 aliphatic rings. The number of halogens is 5. The van der Waals surface area contributed by atoms with E-state index in [9.17, 15) is 9.90 Å². The van der Waals surface area contributed by atoms with E-state index in [4.69, 9.17) is 18.9 Å². The Balaban J connectivity index is 0.000000262. The molecule has 6 aliphatic carbocycles. The Kier molecular flexibility index (Phi) is 24.3. The summed E-state index contributed by atoms with van der Waals surface area (Å²) in [6, 6.07) is 0. The van der Waals surface area contributed by atoms with Crippen LogP contribution in [0.1, 0.15) is 131 Å². The summed E-state index contributed by atoms with van der Waals surface area (Å²) in [5.41, 5.74) is 0.839. The van der Waals surface area contributed by atoms with Gasteiger partial charge in [0.15, 0.2) is 0 Å². The number of ketones is 1. The molecular weight excluding hydrogens is 1380 g/mol. The van der Waals surface area contributed by atoms with E-state index >= 15 is 0 Å². The predicted molar refractivity (Wildman–Crippen MR) is 286 cm³/mol. The van der Waals surface area contributed by atoms with E-state index in [2.05, 4.69) is 176 Å². The standard InChI is InChI=1S/C22H38O3.C22H36O3.2CH2.5HI.2V/c2*1-15(8-11-20(25-5)22(13-14-22)16(2)24-4)17-9-10-18-19(23)7-6-12-21(17,18)3;;;;;;;;;/h8,11,15-20,23H,6-7,9-10,12-14H2,1-5H3;8,11,15-18,20H,6-7,9-10,12-14H2,1-5H3;2*1H2;5*1H;;/q;;;;;;;;;+2;+3/p-5/b2*11-8+;;;;;;;;;/t15-,16?,17?,18?,19?,20?,21-;15-,16?,17?,18?,20?,21-;;;;;;;;;/m11........./s1. The number of carbonyl (C=O) groups excluding carboxylic acids is 1. The van der Waals surface area contributed by atoms with Gasteiger partial charge in [0.05, 0.1) is 30.5 Å². The number of fused-ring (bicyclic) bond motifs is 2. The number of aliphatic hydroxyl groups is 1. The van der Waals surface area contributed by atoms with Crippen molar-refractivity contribution in [2.24, 2.45) is 57.2 Å². The normalized spacial score (nSPS) is 34.6. The first-order valence-electron chi connectivity index (χ1n) is 21.9. The zero-order valence-electron chi connectivity index (χ0n) is 37.7. The maximum absolute atomic E-state index is 12.4. The number of hydrogen-bond acceptors (Lipinski definition) is 6. The summed E-state index contributed by atoms with van der Waals surface area (Å²) in [6.07, 6.45) is 26.0. The van der Waals surface area contributed by atoms with Gasteiger partial charge in [0.25, 0.3) is 0 Å². The van der Waals surface area contributed by atoms with E-state index in [1.807, 2.05) is 14.2 Å². The van der Waals surface area contributed by atoms with Crippen molar-refractivity contribution < 1.29 is 40.1 Å². The van der Waals surface area contributed by atoms with Crippen LogP contribution in [0.3, 0.4) is 0 Å². The number of methoxy groups -OCH3 is 4. The van der Waals surface area contributed by atoms with Gasteiger partial charge in [0, 0.05) is 51.6 Å². The molecule has 0 bridgehead atoms. The molecule has 0 saturated heterocycles. The molecule has 6 nitrogen and oxygen atoms in total. The number of aliphatic hydroxyl groups excluding tert-OH is 1. The van der Waals surface area contributed by atoms with Crippen molar-refractivity contribution in [1.82, 2.24) is 0 Å². The number of allylic oxidation sites excluding steroid dienone is 2. The molecule has 0 aliphatic heterocycles. The summed E-state index contributed by atoms with van der Waals surface area (Å²) in [7, 11) is 6.74. The van der Waals surface area contributed by atoms with Crippen molar-refractivity contribution in [1.29, 1.82) is 0 Å². The SMILES string of the molecule is COC(C)C1(C(/C=C/[C@@H](C)C2CCC3C(=O)CCC[C@@]32C)OC)CC1.COC(C)C1(C(/C=C/[C@@H](C)C2CCC3C(O)CCC[C@@]32C)OC)CC1.[CH2]=[V]([I])([I])[I].[CH2]=[V]([I])[I]. The van der Waals surface area contributed by atoms with Crippen molar-refractivity contribution in [2.75, 3.05) is 28.4 Å². The molecule has 1 N–H and O–H groups in total. The predicted octanol–water partition coefficient (Wildman–Crippen LogP) is 13.7. The van der Waals surface area contributed by atoms with Crippen LogP contribution in [0.5, 0.6) is 0 Å². The van der Waals surface area contributed by atoms with Gasteiger partial charge in [-0.2, -0.15) is 0 Å². The van der Waals surface area contributed by atoms with E-state index in [1.54, 1.807) is 14.2 Å². The van der Waals surface area contributed by atoms with Crippen LogP contribution in [0.4, 0.5) is 0 Å². The molecule has 0 heterocycles. The monoisotopic (exact) mass is 1460 g/mol. The van der Waals surface area contributed by atoms with Gasteiger partial charge in [0.1, 0.15) is 5.78 Å². The van der Waals surface area contributed by atoms with E-state index < -0.39 is 11.2 Å². The molecule has 6 saturated carbocycles. The third-order valence-corrected chi connectivity index (χ3v) is 16.2. The van der Waals surface area contributed by atoms with Crippen LogP contribution in [0, 0.1) is 57.2 Å². The number of Topliss-reactive ketones (excluding diaryl/α,β-unsaturated/α-hetero) is 1. The topological polar surface area (TPSA) is 74.2 Å². The first kappa shape index (κ1) is 56.8. The second-order valence-electron chi connectivity index (χ2n) is 19.2. The van der Waals surface area contributed by atoms with Gasteiger partial charge in [-0.3, -0.25) is 4.79 Å². The molecule has 6 fully saturated rings. The second kappa shape index (κ2) is 25.2. The fraction of sp³-hybridized carbons (Fsp3) is 0.848. The fourth-order valence-electron chi connectivity index (χ4n) is 12.3.